The standard InChI is InChI=1S/C16H14FN3OS/c17-12-6-2-1-5-11(12)9-18-16(21)19-10-15-20-13-7-3-4-8-14(13)22-15/h1-8H,9-10H2,(H2,18,19,21). The highest BCUT2D eigenvalue weighted by Crippen LogP contribution is 2.21. The Morgan fingerprint density at radius 1 is 1.05 bits per heavy atom. The Hall–Kier alpha value is -2.47. The van der Waals surface area contributed by atoms with Gasteiger partial charge in [-0.3, -0.25) is 0 Å². The van der Waals surface area contributed by atoms with Gasteiger partial charge >= 0.3 is 6.03 Å². The number of urea groups is 1. The van der Waals surface area contributed by atoms with E-state index in [-0.39, 0.29) is 18.4 Å². The molecule has 0 aliphatic heterocycles. The summed E-state index contributed by atoms with van der Waals surface area (Å²) in [4.78, 5) is 16.2. The zero-order valence-electron chi connectivity index (χ0n) is 11.7. The third-order valence-electron chi connectivity index (χ3n) is 3.14. The largest absolute Gasteiger partial charge is 0.334 e. The Labute approximate surface area is 131 Å². The zero-order valence-corrected chi connectivity index (χ0v) is 12.5. The number of carbonyl (C=O) groups is 1. The van der Waals surface area contributed by atoms with Gasteiger partial charge in [0.05, 0.1) is 16.8 Å². The van der Waals surface area contributed by atoms with Crippen LogP contribution in [0.15, 0.2) is 48.5 Å². The van der Waals surface area contributed by atoms with Crippen LogP contribution in [0.4, 0.5) is 9.18 Å². The van der Waals surface area contributed by atoms with Crippen molar-refractivity contribution in [1.29, 1.82) is 0 Å². The van der Waals surface area contributed by atoms with Gasteiger partial charge in [0.15, 0.2) is 0 Å². The van der Waals surface area contributed by atoms with Crippen molar-refractivity contribution >= 4 is 27.6 Å². The van der Waals surface area contributed by atoms with Gasteiger partial charge in [-0.15, -0.1) is 11.3 Å². The number of nitrogens with one attached hydrogen (secondary N) is 2. The van der Waals surface area contributed by atoms with E-state index in [9.17, 15) is 9.18 Å². The summed E-state index contributed by atoms with van der Waals surface area (Å²) in [6.45, 7) is 0.501. The minimum absolute atomic E-state index is 0.151. The van der Waals surface area contributed by atoms with Gasteiger partial charge in [-0.1, -0.05) is 30.3 Å². The minimum Gasteiger partial charge on any atom is -0.334 e. The highest BCUT2D eigenvalue weighted by Gasteiger charge is 2.06. The number of fused-ring (bicyclic) bond motifs is 1. The third-order valence-corrected chi connectivity index (χ3v) is 4.17. The summed E-state index contributed by atoms with van der Waals surface area (Å²) in [7, 11) is 0. The van der Waals surface area contributed by atoms with Crippen LogP contribution in [0.1, 0.15) is 10.6 Å². The number of benzene rings is 2. The third kappa shape index (κ3) is 3.40. The molecule has 22 heavy (non-hydrogen) atoms. The van der Waals surface area contributed by atoms with E-state index in [1.807, 2.05) is 24.3 Å². The van der Waals surface area contributed by atoms with Gasteiger partial charge in [0.25, 0.3) is 0 Å². The molecular formula is C16H14FN3OS. The maximum absolute atomic E-state index is 13.4. The summed E-state index contributed by atoms with van der Waals surface area (Å²) < 4.78 is 14.5. The minimum atomic E-state index is -0.345. The first kappa shape index (κ1) is 14.5. The van der Waals surface area contributed by atoms with Crippen LogP contribution in [-0.2, 0) is 13.1 Å². The zero-order chi connectivity index (χ0) is 15.4. The van der Waals surface area contributed by atoms with E-state index in [4.69, 9.17) is 0 Å². The van der Waals surface area contributed by atoms with Crippen LogP contribution in [-0.4, -0.2) is 11.0 Å². The second kappa shape index (κ2) is 6.53. The Kier molecular flexibility index (Phi) is 4.29. The number of hydrogen-bond acceptors (Lipinski definition) is 3. The van der Waals surface area contributed by atoms with E-state index in [1.54, 1.807) is 29.5 Å². The molecule has 3 rings (SSSR count). The molecule has 0 unspecified atom stereocenters. The molecule has 4 nitrogen and oxygen atoms in total. The smallest absolute Gasteiger partial charge is 0.315 e. The van der Waals surface area contributed by atoms with E-state index in [0.717, 1.165) is 15.2 Å². The van der Waals surface area contributed by atoms with Crippen LogP contribution in [0.5, 0.6) is 0 Å². The van der Waals surface area contributed by atoms with Gasteiger partial charge in [0.1, 0.15) is 10.8 Å². The normalized spacial score (nSPS) is 10.6. The maximum atomic E-state index is 13.4. The molecule has 112 valence electrons. The Balaban J connectivity index is 1.53. The number of nitrogens with zero attached hydrogens (tertiary/aromatic N) is 1. The molecule has 0 aliphatic carbocycles. The molecule has 2 amide bonds. The number of halogens is 1. The number of rotatable bonds is 4. The van der Waals surface area contributed by atoms with E-state index in [1.165, 1.54) is 6.07 Å². The molecule has 0 fully saturated rings. The molecule has 0 saturated carbocycles. The highest BCUT2D eigenvalue weighted by atomic mass is 32.1. The van der Waals surface area contributed by atoms with Crippen LogP contribution in [0, 0.1) is 5.82 Å². The predicted octanol–water partition coefficient (Wildman–Crippen LogP) is 3.43. The number of carbonyl (C=O) groups excluding carboxylic acids is 1. The summed E-state index contributed by atoms with van der Waals surface area (Å²) in [6, 6.07) is 13.8. The van der Waals surface area contributed by atoms with Gasteiger partial charge in [0, 0.05) is 12.1 Å². The van der Waals surface area contributed by atoms with Crippen LogP contribution < -0.4 is 10.6 Å². The summed E-state index contributed by atoms with van der Waals surface area (Å²) in [5.41, 5.74) is 1.38. The molecule has 0 aliphatic rings. The van der Waals surface area contributed by atoms with Crippen LogP contribution in [0.2, 0.25) is 0 Å². The van der Waals surface area contributed by atoms with Gasteiger partial charge in [-0.2, -0.15) is 0 Å². The van der Waals surface area contributed by atoms with E-state index < -0.39 is 0 Å². The lowest BCUT2D eigenvalue weighted by atomic mass is 10.2. The first-order chi connectivity index (χ1) is 10.7. The second-order valence-electron chi connectivity index (χ2n) is 4.70. The Bertz CT molecular complexity index is 770. The fraction of sp³-hybridized carbons (Fsp3) is 0.125. The molecule has 0 saturated heterocycles. The van der Waals surface area contributed by atoms with E-state index in [2.05, 4.69) is 15.6 Å². The fourth-order valence-electron chi connectivity index (χ4n) is 2.03. The van der Waals surface area contributed by atoms with Crippen LogP contribution >= 0.6 is 11.3 Å². The maximum Gasteiger partial charge on any atom is 0.315 e. The monoisotopic (exact) mass is 315 g/mol. The van der Waals surface area contributed by atoms with Crippen molar-refractivity contribution < 1.29 is 9.18 Å². The molecule has 1 aromatic heterocycles. The summed E-state index contributed by atoms with van der Waals surface area (Å²) in [5, 5.41) is 6.19. The van der Waals surface area contributed by atoms with Gasteiger partial charge in [-0.05, 0) is 18.2 Å². The first-order valence-electron chi connectivity index (χ1n) is 6.82. The van der Waals surface area contributed by atoms with Gasteiger partial charge < -0.3 is 10.6 Å². The lowest BCUT2D eigenvalue weighted by Crippen LogP contribution is -2.34. The average Bonchev–Trinajstić information content (AvgIpc) is 2.95. The molecule has 6 heteroatoms. The average molecular weight is 315 g/mol. The second-order valence-corrected chi connectivity index (χ2v) is 5.82. The van der Waals surface area contributed by atoms with Crippen molar-refractivity contribution in [2.24, 2.45) is 0 Å². The lowest BCUT2D eigenvalue weighted by Gasteiger charge is -2.07. The van der Waals surface area contributed by atoms with Crippen molar-refractivity contribution in [3.63, 3.8) is 0 Å². The van der Waals surface area contributed by atoms with Crippen LogP contribution in [0.25, 0.3) is 10.2 Å². The first-order valence-corrected chi connectivity index (χ1v) is 7.63. The predicted molar refractivity (Wildman–Crippen MR) is 85.1 cm³/mol. The van der Waals surface area contributed by atoms with Gasteiger partial charge in [0.2, 0.25) is 0 Å². The van der Waals surface area contributed by atoms with Crippen molar-refractivity contribution in [3.05, 3.63) is 64.9 Å². The van der Waals surface area contributed by atoms with Crippen molar-refractivity contribution in [2.45, 2.75) is 13.1 Å². The molecule has 0 bridgehead atoms. The lowest BCUT2D eigenvalue weighted by molar-refractivity contribution is 0.240. The number of aromatic nitrogens is 1. The molecular weight excluding hydrogens is 301 g/mol. The molecule has 2 N–H and O–H groups in total. The quantitative estimate of drug-likeness (QED) is 0.775. The molecule has 2 aromatic carbocycles. The van der Waals surface area contributed by atoms with Crippen LogP contribution in [0.3, 0.4) is 0 Å². The topological polar surface area (TPSA) is 54.0 Å². The summed E-state index contributed by atoms with van der Waals surface area (Å²) in [5.74, 6) is -0.325. The fourth-order valence-corrected chi connectivity index (χ4v) is 2.94. The number of hydrogen-bond donors (Lipinski definition) is 2. The molecule has 1 heterocycles. The Morgan fingerprint density at radius 3 is 2.59 bits per heavy atom. The molecule has 0 atom stereocenters. The van der Waals surface area contributed by atoms with Crippen molar-refractivity contribution in [3.8, 4) is 0 Å². The van der Waals surface area contributed by atoms with Crippen molar-refractivity contribution in [2.75, 3.05) is 0 Å². The number of thiazole rings is 1. The summed E-state index contributed by atoms with van der Waals surface area (Å²) in [6.07, 6.45) is 0. The number of para-hydroxylation sites is 1. The summed E-state index contributed by atoms with van der Waals surface area (Å²) >= 11 is 1.54. The Morgan fingerprint density at radius 2 is 1.77 bits per heavy atom. The van der Waals surface area contributed by atoms with E-state index in [0.29, 0.717) is 12.1 Å². The number of amides is 2. The molecule has 0 radical (unpaired) electrons. The molecule has 0 spiro atoms. The highest BCUT2D eigenvalue weighted by molar-refractivity contribution is 7.18. The SMILES string of the molecule is O=C(NCc1nc2ccccc2s1)NCc1ccccc1F. The van der Waals surface area contributed by atoms with Crippen molar-refractivity contribution in [1.82, 2.24) is 15.6 Å². The van der Waals surface area contributed by atoms with E-state index >= 15 is 0 Å². The van der Waals surface area contributed by atoms with Gasteiger partial charge in [-0.25, -0.2) is 14.2 Å². The molecule has 3 aromatic rings.